The fraction of sp³-hybridized carbons (Fsp3) is 0.250. The summed E-state index contributed by atoms with van der Waals surface area (Å²) in [6.45, 7) is 0. The molecule has 0 atom stereocenters. The van der Waals surface area contributed by atoms with E-state index in [1.165, 1.54) is 0 Å². The fourth-order valence-electron chi connectivity index (χ4n) is 1.11. The summed E-state index contributed by atoms with van der Waals surface area (Å²) in [7, 11) is 0. The van der Waals surface area contributed by atoms with Crippen molar-refractivity contribution in [3.05, 3.63) is 40.9 Å². The fourth-order valence-corrected chi connectivity index (χ4v) is 1.24. The average Bonchev–Trinajstić information content (AvgIpc) is 2.21. The van der Waals surface area contributed by atoms with Gasteiger partial charge >= 0.3 is 0 Å². The second-order valence-electron chi connectivity index (χ2n) is 3.05. The van der Waals surface area contributed by atoms with Gasteiger partial charge in [-0.1, -0.05) is 35.9 Å². The van der Waals surface area contributed by atoms with Crippen LogP contribution in [-0.2, 0) is 4.79 Å². The van der Waals surface area contributed by atoms with Gasteiger partial charge in [-0.05, 0) is 30.5 Å². The minimum atomic E-state index is 0.644. The average molecular weight is 209 g/mol. The van der Waals surface area contributed by atoms with Gasteiger partial charge in [0.05, 0.1) is 0 Å². The Kier molecular flexibility index (Phi) is 5.02. The van der Waals surface area contributed by atoms with Gasteiger partial charge in [0.2, 0.25) is 0 Å². The van der Waals surface area contributed by atoms with Crippen LogP contribution < -0.4 is 0 Å². The number of carbonyl (C=O) groups is 1. The van der Waals surface area contributed by atoms with Crippen LogP contribution in [0.15, 0.2) is 30.3 Å². The molecule has 1 nitrogen and oxygen atoms in total. The molecular formula is C12H13ClO. The monoisotopic (exact) mass is 208 g/mol. The van der Waals surface area contributed by atoms with Crippen molar-refractivity contribution in [3.8, 4) is 0 Å². The summed E-state index contributed by atoms with van der Waals surface area (Å²) < 4.78 is 0. The first-order valence-electron chi connectivity index (χ1n) is 4.68. The summed E-state index contributed by atoms with van der Waals surface area (Å²) >= 11 is 5.75. The predicted octanol–water partition coefficient (Wildman–Crippen LogP) is 3.72. The third-order valence-electron chi connectivity index (χ3n) is 1.87. The summed E-state index contributed by atoms with van der Waals surface area (Å²) in [5, 5.41) is 0.753. The van der Waals surface area contributed by atoms with Crippen molar-refractivity contribution in [1.29, 1.82) is 0 Å². The molecule has 0 aromatic heterocycles. The summed E-state index contributed by atoms with van der Waals surface area (Å²) in [4.78, 5) is 10.0. The summed E-state index contributed by atoms with van der Waals surface area (Å²) in [5.74, 6) is 0. The van der Waals surface area contributed by atoms with Crippen LogP contribution in [0.2, 0.25) is 5.02 Å². The molecule has 0 aliphatic rings. The Bertz CT molecular complexity index is 301. The second-order valence-corrected chi connectivity index (χ2v) is 3.49. The Morgan fingerprint density at radius 3 is 2.50 bits per heavy atom. The van der Waals surface area contributed by atoms with Crippen molar-refractivity contribution in [2.45, 2.75) is 19.3 Å². The van der Waals surface area contributed by atoms with Crippen molar-refractivity contribution in [2.75, 3.05) is 0 Å². The van der Waals surface area contributed by atoms with E-state index in [-0.39, 0.29) is 0 Å². The van der Waals surface area contributed by atoms with Crippen LogP contribution in [0.4, 0.5) is 0 Å². The molecule has 0 aliphatic heterocycles. The van der Waals surface area contributed by atoms with Crippen LogP contribution in [0, 0.1) is 0 Å². The van der Waals surface area contributed by atoms with Crippen molar-refractivity contribution in [1.82, 2.24) is 0 Å². The molecule has 0 unspecified atom stereocenters. The molecule has 0 N–H and O–H groups in total. The van der Waals surface area contributed by atoms with Gasteiger partial charge in [-0.2, -0.15) is 0 Å². The Labute approximate surface area is 89.4 Å². The Morgan fingerprint density at radius 2 is 1.86 bits per heavy atom. The molecule has 0 bridgehead atoms. The van der Waals surface area contributed by atoms with Crippen molar-refractivity contribution in [2.24, 2.45) is 0 Å². The standard InChI is InChI=1S/C12H13ClO/c13-12-8-6-11(7-9-12)5-3-1-2-4-10-14/h3,5-10H,1-2,4H2/b5-3+. The lowest BCUT2D eigenvalue weighted by atomic mass is 10.2. The van der Waals surface area contributed by atoms with Crippen molar-refractivity contribution in [3.63, 3.8) is 0 Å². The number of hydrogen-bond donors (Lipinski definition) is 0. The zero-order valence-corrected chi connectivity index (χ0v) is 8.70. The van der Waals surface area contributed by atoms with Crippen molar-refractivity contribution >= 4 is 24.0 Å². The third kappa shape index (κ3) is 4.24. The van der Waals surface area contributed by atoms with Gasteiger partial charge in [0.25, 0.3) is 0 Å². The maximum Gasteiger partial charge on any atom is 0.120 e. The number of halogens is 1. The molecule has 0 fully saturated rings. The first kappa shape index (κ1) is 11.0. The van der Waals surface area contributed by atoms with E-state index in [9.17, 15) is 4.79 Å². The van der Waals surface area contributed by atoms with E-state index < -0.39 is 0 Å². The lowest BCUT2D eigenvalue weighted by Crippen LogP contribution is -1.74. The van der Waals surface area contributed by atoms with Crippen LogP contribution in [0.25, 0.3) is 6.08 Å². The van der Waals surface area contributed by atoms with E-state index in [1.807, 2.05) is 30.3 Å². The minimum Gasteiger partial charge on any atom is -0.303 e. The maximum absolute atomic E-state index is 10.0. The molecule has 1 aromatic rings. The molecule has 74 valence electrons. The Morgan fingerprint density at radius 1 is 1.14 bits per heavy atom. The van der Waals surface area contributed by atoms with E-state index in [0.717, 1.165) is 29.7 Å². The van der Waals surface area contributed by atoms with Gasteiger partial charge in [-0.3, -0.25) is 0 Å². The minimum absolute atomic E-state index is 0.644. The van der Waals surface area contributed by atoms with E-state index in [0.29, 0.717) is 6.42 Å². The number of hydrogen-bond acceptors (Lipinski definition) is 1. The quantitative estimate of drug-likeness (QED) is 0.533. The number of carbonyl (C=O) groups excluding carboxylic acids is 1. The maximum atomic E-state index is 10.0. The molecule has 1 rings (SSSR count). The molecule has 2 heteroatoms. The van der Waals surface area contributed by atoms with E-state index in [2.05, 4.69) is 6.08 Å². The van der Waals surface area contributed by atoms with Crippen molar-refractivity contribution < 1.29 is 4.79 Å². The first-order valence-corrected chi connectivity index (χ1v) is 5.06. The highest BCUT2D eigenvalue weighted by Crippen LogP contribution is 2.11. The number of unbranched alkanes of at least 4 members (excludes halogenated alkanes) is 2. The molecule has 0 spiro atoms. The van der Waals surface area contributed by atoms with E-state index in [1.54, 1.807) is 0 Å². The van der Waals surface area contributed by atoms with Crippen LogP contribution in [0.5, 0.6) is 0 Å². The second kappa shape index (κ2) is 6.39. The van der Waals surface area contributed by atoms with Gasteiger partial charge in [-0.15, -0.1) is 0 Å². The Hall–Kier alpha value is -1.08. The summed E-state index contributed by atoms with van der Waals surface area (Å²) in [6.07, 6.45) is 7.59. The van der Waals surface area contributed by atoms with Crippen LogP contribution in [0.3, 0.4) is 0 Å². The zero-order valence-electron chi connectivity index (χ0n) is 7.95. The normalized spacial score (nSPS) is 10.6. The molecule has 1 aromatic carbocycles. The molecule has 0 saturated carbocycles. The predicted molar refractivity (Wildman–Crippen MR) is 60.4 cm³/mol. The van der Waals surface area contributed by atoms with Gasteiger partial charge < -0.3 is 4.79 Å². The molecule has 0 radical (unpaired) electrons. The molecular weight excluding hydrogens is 196 g/mol. The topological polar surface area (TPSA) is 17.1 Å². The molecule has 0 aliphatic carbocycles. The van der Waals surface area contributed by atoms with E-state index in [4.69, 9.17) is 11.6 Å². The Balaban J connectivity index is 2.36. The van der Waals surface area contributed by atoms with Gasteiger partial charge in [0, 0.05) is 11.4 Å². The lowest BCUT2D eigenvalue weighted by molar-refractivity contribution is -0.107. The highest BCUT2D eigenvalue weighted by molar-refractivity contribution is 6.30. The largest absolute Gasteiger partial charge is 0.303 e. The summed E-state index contributed by atoms with van der Waals surface area (Å²) in [5.41, 5.74) is 1.14. The molecule has 0 saturated heterocycles. The first-order chi connectivity index (χ1) is 6.83. The van der Waals surface area contributed by atoms with Crippen LogP contribution in [-0.4, -0.2) is 6.29 Å². The molecule has 14 heavy (non-hydrogen) atoms. The number of rotatable bonds is 5. The highest BCUT2D eigenvalue weighted by atomic mass is 35.5. The number of aldehydes is 1. The van der Waals surface area contributed by atoms with Gasteiger partial charge in [-0.25, -0.2) is 0 Å². The molecule has 0 heterocycles. The smallest absolute Gasteiger partial charge is 0.120 e. The van der Waals surface area contributed by atoms with Gasteiger partial charge in [0.15, 0.2) is 0 Å². The highest BCUT2D eigenvalue weighted by Gasteiger charge is 1.87. The zero-order chi connectivity index (χ0) is 10.2. The SMILES string of the molecule is O=CCCC/C=C/c1ccc(Cl)cc1. The van der Waals surface area contributed by atoms with E-state index >= 15 is 0 Å². The lowest BCUT2D eigenvalue weighted by Gasteiger charge is -1.93. The summed E-state index contributed by atoms with van der Waals surface area (Å²) in [6, 6.07) is 7.68. The number of allylic oxidation sites excluding steroid dienone is 1. The van der Waals surface area contributed by atoms with Crippen LogP contribution >= 0.6 is 11.6 Å². The molecule has 0 amide bonds. The number of benzene rings is 1. The third-order valence-corrected chi connectivity index (χ3v) is 2.13. The van der Waals surface area contributed by atoms with Crippen LogP contribution in [0.1, 0.15) is 24.8 Å². The van der Waals surface area contributed by atoms with Gasteiger partial charge in [0.1, 0.15) is 6.29 Å².